The maximum absolute atomic E-state index is 5.44. The molecule has 1 rings (SSSR count). The van der Waals surface area contributed by atoms with Crippen LogP contribution in [0.15, 0.2) is 6.20 Å². The molecule has 0 saturated carbocycles. The van der Waals surface area contributed by atoms with Gasteiger partial charge in [-0.1, -0.05) is 6.42 Å². The van der Waals surface area contributed by atoms with Crippen LogP contribution in [0.4, 0.5) is 5.95 Å². The van der Waals surface area contributed by atoms with Gasteiger partial charge in [0, 0.05) is 12.1 Å². The summed E-state index contributed by atoms with van der Waals surface area (Å²) in [6.45, 7) is 0. The summed E-state index contributed by atoms with van der Waals surface area (Å²) in [7, 11) is 0. The van der Waals surface area contributed by atoms with Crippen molar-refractivity contribution >= 4 is 5.95 Å². The van der Waals surface area contributed by atoms with Crippen LogP contribution in [-0.2, 0) is 6.42 Å². The summed E-state index contributed by atoms with van der Waals surface area (Å²) in [5, 5.41) is 0. The second-order valence-corrected chi connectivity index (χ2v) is 3.06. The number of nitrogens with zero attached hydrogens (tertiary/aromatic N) is 1. The van der Waals surface area contributed by atoms with Gasteiger partial charge in [-0.15, -0.1) is 12.3 Å². The standard InChI is InChI=1S/C10H15N3/c1-2-3-4-5-6-7-9-8-12-10(11)13-9/h1,8H,3-7H2,(H3,11,12,13). The molecule has 0 aliphatic rings. The van der Waals surface area contributed by atoms with E-state index in [9.17, 15) is 0 Å². The summed E-state index contributed by atoms with van der Waals surface area (Å²) >= 11 is 0. The Bertz CT molecular complexity index is 283. The predicted molar refractivity (Wildman–Crippen MR) is 54.0 cm³/mol. The normalized spacial score (nSPS) is 9.77. The van der Waals surface area contributed by atoms with Crippen LogP contribution in [0.3, 0.4) is 0 Å². The number of nitrogen functional groups attached to an aromatic ring is 1. The lowest BCUT2D eigenvalue weighted by atomic mass is 10.1. The number of imidazole rings is 1. The smallest absolute Gasteiger partial charge is 0.197 e. The van der Waals surface area contributed by atoms with E-state index in [0.29, 0.717) is 5.95 Å². The predicted octanol–water partition coefficient (Wildman–Crippen LogP) is 1.73. The van der Waals surface area contributed by atoms with Gasteiger partial charge in [-0.3, -0.25) is 0 Å². The Labute approximate surface area is 78.8 Å². The molecule has 1 aromatic rings. The van der Waals surface area contributed by atoms with Gasteiger partial charge in [0.05, 0.1) is 6.20 Å². The van der Waals surface area contributed by atoms with Crippen molar-refractivity contribution in [1.29, 1.82) is 0 Å². The van der Waals surface area contributed by atoms with Crippen molar-refractivity contribution in [2.75, 3.05) is 5.73 Å². The number of rotatable bonds is 5. The van der Waals surface area contributed by atoms with Crippen molar-refractivity contribution in [2.24, 2.45) is 0 Å². The Hall–Kier alpha value is -1.43. The SMILES string of the molecule is C#CCCCCCc1cnc(N)[nH]1. The second kappa shape index (κ2) is 5.26. The number of terminal acetylenes is 1. The van der Waals surface area contributed by atoms with E-state index in [-0.39, 0.29) is 0 Å². The molecule has 0 aliphatic carbocycles. The average Bonchev–Trinajstić information content (AvgIpc) is 2.51. The van der Waals surface area contributed by atoms with Gasteiger partial charge in [0.25, 0.3) is 0 Å². The molecule has 0 unspecified atom stereocenters. The number of aromatic amines is 1. The molecular weight excluding hydrogens is 162 g/mol. The first-order chi connectivity index (χ1) is 6.33. The highest BCUT2D eigenvalue weighted by molar-refractivity contribution is 5.18. The van der Waals surface area contributed by atoms with E-state index >= 15 is 0 Å². The van der Waals surface area contributed by atoms with E-state index in [4.69, 9.17) is 12.2 Å². The van der Waals surface area contributed by atoms with E-state index in [2.05, 4.69) is 15.9 Å². The van der Waals surface area contributed by atoms with Crippen molar-refractivity contribution in [1.82, 2.24) is 9.97 Å². The first-order valence-electron chi connectivity index (χ1n) is 4.55. The number of hydrogen-bond acceptors (Lipinski definition) is 2. The summed E-state index contributed by atoms with van der Waals surface area (Å²) in [4.78, 5) is 6.91. The van der Waals surface area contributed by atoms with E-state index in [1.165, 1.54) is 6.42 Å². The summed E-state index contributed by atoms with van der Waals surface area (Å²) in [5.41, 5.74) is 6.55. The fourth-order valence-corrected chi connectivity index (χ4v) is 1.22. The number of nitrogens with two attached hydrogens (primary N) is 1. The van der Waals surface area contributed by atoms with Gasteiger partial charge in [-0.25, -0.2) is 4.98 Å². The molecule has 0 aromatic carbocycles. The molecule has 0 bridgehead atoms. The highest BCUT2D eigenvalue weighted by atomic mass is 15.0. The van der Waals surface area contributed by atoms with E-state index in [1.54, 1.807) is 6.20 Å². The third kappa shape index (κ3) is 3.66. The molecule has 3 heteroatoms. The quantitative estimate of drug-likeness (QED) is 0.531. The number of nitrogens with one attached hydrogen (secondary N) is 1. The van der Waals surface area contributed by atoms with Gasteiger partial charge in [-0.05, 0) is 19.3 Å². The van der Waals surface area contributed by atoms with E-state index < -0.39 is 0 Å². The van der Waals surface area contributed by atoms with E-state index in [1.807, 2.05) is 0 Å². The molecular formula is C10H15N3. The minimum atomic E-state index is 0.499. The lowest BCUT2D eigenvalue weighted by molar-refractivity contribution is 0.686. The number of hydrogen-bond donors (Lipinski definition) is 2. The van der Waals surface area contributed by atoms with Crippen LogP contribution >= 0.6 is 0 Å². The van der Waals surface area contributed by atoms with Gasteiger partial charge in [0.2, 0.25) is 0 Å². The monoisotopic (exact) mass is 177 g/mol. The minimum Gasteiger partial charge on any atom is -0.369 e. The summed E-state index contributed by atoms with van der Waals surface area (Å²) < 4.78 is 0. The molecule has 3 N–H and O–H groups in total. The zero-order valence-corrected chi connectivity index (χ0v) is 7.71. The molecule has 0 radical (unpaired) electrons. The van der Waals surface area contributed by atoms with Crippen LogP contribution in [0.1, 0.15) is 31.4 Å². The Kier molecular flexibility index (Phi) is 3.90. The minimum absolute atomic E-state index is 0.499. The van der Waals surface area contributed by atoms with Crippen molar-refractivity contribution in [3.63, 3.8) is 0 Å². The molecule has 0 aliphatic heterocycles. The molecule has 0 saturated heterocycles. The average molecular weight is 177 g/mol. The Morgan fingerprint density at radius 2 is 2.31 bits per heavy atom. The van der Waals surface area contributed by atoms with Crippen molar-refractivity contribution < 1.29 is 0 Å². The fourth-order valence-electron chi connectivity index (χ4n) is 1.22. The third-order valence-corrected chi connectivity index (χ3v) is 1.92. The summed E-state index contributed by atoms with van der Waals surface area (Å²) in [6.07, 6.45) is 12.2. The van der Waals surface area contributed by atoms with Crippen molar-refractivity contribution in [2.45, 2.75) is 32.1 Å². The zero-order valence-electron chi connectivity index (χ0n) is 7.71. The van der Waals surface area contributed by atoms with E-state index in [0.717, 1.165) is 31.4 Å². The van der Waals surface area contributed by atoms with Gasteiger partial charge in [0.1, 0.15) is 0 Å². The Morgan fingerprint density at radius 1 is 1.46 bits per heavy atom. The Balaban J connectivity index is 2.10. The maximum atomic E-state index is 5.44. The topological polar surface area (TPSA) is 54.7 Å². The number of anilines is 1. The van der Waals surface area contributed by atoms with Gasteiger partial charge in [-0.2, -0.15) is 0 Å². The van der Waals surface area contributed by atoms with Gasteiger partial charge in [0.15, 0.2) is 5.95 Å². The first kappa shape index (κ1) is 9.66. The van der Waals surface area contributed by atoms with Gasteiger partial charge >= 0.3 is 0 Å². The Morgan fingerprint density at radius 3 is 2.92 bits per heavy atom. The van der Waals surface area contributed by atoms with Crippen LogP contribution in [-0.4, -0.2) is 9.97 Å². The molecule has 0 amide bonds. The zero-order chi connectivity index (χ0) is 9.52. The molecule has 1 aromatic heterocycles. The van der Waals surface area contributed by atoms with Crippen LogP contribution in [0, 0.1) is 12.3 Å². The number of aromatic nitrogens is 2. The van der Waals surface area contributed by atoms with Crippen LogP contribution < -0.4 is 5.73 Å². The van der Waals surface area contributed by atoms with Crippen LogP contribution in [0.5, 0.6) is 0 Å². The molecule has 0 atom stereocenters. The van der Waals surface area contributed by atoms with Crippen LogP contribution in [0.25, 0.3) is 0 Å². The fraction of sp³-hybridized carbons (Fsp3) is 0.500. The summed E-state index contributed by atoms with van der Waals surface area (Å²) in [6, 6.07) is 0. The van der Waals surface area contributed by atoms with Gasteiger partial charge < -0.3 is 10.7 Å². The first-order valence-corrected chi connectivity index (χ1v) is 4.55. The lowest BCUT2D eigenvalue weighted by Gasteiger charge is -1.96. The number of unbranched alkanes of at least 4 members (excludes halogenated alkanes) is 3. The third-order valence-electron chi connectivity index (χ3n) is 1.92. The molecule has 0 spiro atoms. The maximum Gasteiger partial charge on any atom is 0.197 e. The molecule has 0 fully saturated rings. The second-order valence-electron chi connectivity index (χ2n) is 3.06. The molecule has 13 heavy (non-hydrogen) atoms. The largest absolute Gasteiger partial charge is 0.369 e. The van der Waals surface area contributed by atoms with Crippen LogP contribution in [0.2, 0.25) is 0 Å². The highest BCUT2D eigenvalue weighted by Gasteiger charge is 1.96. The lowest BCUT2D eigenvalue weighted by Crippen LogP contribution is -1.88. The highest BCUT2D eigenvalue weighted by Crippen LogP contribution is 2.06. The molecule has 3 nitrogen and oxygen atoms in total. The molecule has 70 valence electrons. The number of H-pyrrole nitrogens is 1. The summed E-state index contributed by atoms with van der Waals surface area (Å²) in [5.74, 6) is 3.13. The molecule has 1 heterocycles. The number of aryl methyl sites for hydroxylation is 1. The van der Waals surface area contributed by atoms with Crippen molar-refractivity contribution in [3.8, 4) is 12.3 Å². The van der Waals surface area contributed by atoms with Crippen molar-refractivity contribution in [3.05, 3.63) is 11.9 Å².